The third-order valence-electron chi connectivity index (χ3n) is 5.01. The largest absolute Gasteiger partial charge is 0.467 e. The van der Waals surface area contributed by atoms with Gasteiger partial charge in [0, 0.05) is 18.2 Å². The van der Waals surface area contributed by atoms with Gasteiger partial charge in [-0.2, -0.15) is 9.49 Å². The molecule has 0 radical (unpaired) electrons. The van der Waals surface area contributed by atoms with Crippen molar-refractivity contribution in [3.8, 4) is 0 Å². The average molecular weight is 422 g/mol. The predicted molar refractivity (Wildman–Crippen MR) is 112 cm³/mol. The van der Waals surface area contributed by atoms with Crippen molar-refractivity contribution in [1.29, 1.82) is 0 Å². The quantitative estimate of drug-likeness (QED) is 0.468. The topological polar surface area (TPSA) is 101 Å². The summed E-state index contributed by atoms with van der Waals surface area (Å²) in [6, 6.07) is 14.4. The number of nitrogens with one attached hydrogen (secondary N) is 1. The zero-order valence-electron chi connectivity index (χ0n) is 16.6. The second-order valence-corrected chi connectivity index (χ2v) is 7.16. The first-order valence-electron chi connectivity index (χ1n) is 9.60. The molecule has 31 heavy (non-hydrogen) atoms. The van der Waals surface area contributed by atoms with Gasteiger partial charge in [0.15, 0.2) is 0 Å². The van der Waals surface area contributed by atoms with E-state index < -0.39 is 22.5 Å². The van der Waals surface area contributed by atoms with Crippen LogP contribution in [0.25, 0.3) is 0 Å². The highest BCUT2D eigenvalue weighted by Crippen LogP contribution is 2.33. The van der Waals surface area contributed by atoms with Crippen LogP contribution >= 0.6 is 0 Å². The summed E-state index contributed by atoms with van der Waals surface area (Å²) < 4.78 is 19.0. The summed E-state index contributed by atoms with van der Waals surface area (Å²) in [5.41, 5.74) is 2.40. The molecule has 0 spiro atoms. The highest BCUT2D eigenvalue weighted by Gasteiger charge is 2.34. The van der Waals surface area contributed by atoms with Gasteiger partial charge in [-0.3, -0.25) is 14.9 Å². The van der Waals surface area contributed by atoms with Crippen LogP contribution in [0.4, 0.5) is 15.8 Å². The summed E-state index contributed by atoms with van der Waals surface area (Å²) in [6.45, 7) is 1.82. The second-order valence-electron chi connectivity index (χ2n) is 7.16. The van der Waals surface area contributed by atoms with Gasteiger partial charge in [-0.1, -0.05) is 29.8 Å². The first-order valence-corrected chi connectivity index (χ1v) is 9.60. The highest BCUT2D eigenvalue weighted by molar-refractivity contribution is 6.03. The number of nitrogens with zero attached hydrogens (tertiary/aromatic N) is 3. The molecule has 1 amide bonds. The molecule has 0 saturated heterocycles. The number of furan rings is 1. The van der Waals surface area contributed by atoms with Gasteiger partial charge in [0.25, 0.3) is 5.91 Å². The Morgan fingerprint density at radius 1 is 1.29 bits per heavy atom. The van der Waals surface area contributed by atoms with E-state index >= 15 is 0 Å². The van der Waals surface area contributed by atoms with Gasteiger partial charge < -0.3 is 9.73 Å². The number of hydrogen-bond donors (Lipinski definition) is 1. The van der Waals surface area contributed by atoms with E-state index in [4.69, 9.17) is 4.42 Å². The van der Waals surface area contributed by atoms with Crippen LogP contribution in [0.3, 0.4) is 0 Å². The number of carbonyl (C=O) groups is 1. The molecule has 1 aliphatic rings. The van der Waals surface area contributed by atoms with Crippen LogP contribution < -0.4 is 5.32 Å². The Morgan fingerprint density at radius 2 is 2.06 bits per heavy atom. The van der Waals surface area contributed by atoms with E-state index in [1.54, 1.807) is 12.1 Å². The molecule has 2 aromatic carbocycles. The van der Waals surface area contributed by atoms with Crippen molar-refractivity contribution in [3.05, 3.63) is 93.7 Å². The van der Waals surface area contributed by atoms with Crippen LogP contribution in [0.5, 0.6) is 0 Å². The van der Waals surface area contributed by atoms with Crippen molar-refractivity contribution in [1.82, 2.24) is 5.01 Å². The first kappa shape index (κ1) is 20.3. The molecule has 0 bridgehead atoms. The van der Waals surface area contributed by atoms with Gasteiger partial charge in [0.05, 0.1) is 23.4 Å². The highest BCUT2D eigenvalue weighted by atomic mass is 19.1. The molecular formula is C22H19FN4O4. The Bertz CT molecular complexity index is 1140. The fourth-order valence-corrected chi connectivity index (χ4v) is 3.38. The van der Waals surface area contributed by atoms with Gasteiger partial charge in [-0.15, -0.1) is 0 Å². The van der Waals surface area contributed by atoms with Crippen molar-refractivity contribution in [2.24, 2.45) is 5.10 Å². The molecule has 4 rings (SSSR count). The molecule has 0 aliphatic carbocycles. The Kier molecular flexibility index (Phi) is 5.48. The lowest BCUT2D eigenvalue weighted by molar-refractivity contribution is -0.387. The van der Waals surface area contributed by atoms with Crippen molar-refractivity contribution in [3.63, 3.8) is 0 Å². The van der Waals surface area contributed by atoms with Crippen LogP contribution in [0.1, 0.15) is 29.3 Å². The number of anilines is 1. The van der Waals surface area contributed by atoms with Crippen LogP contribution in [0, 0.1) is 22.9 Å². The van der Waals surface area contributed by atoms with Crippen molar-refractivity contribution < 1.29 is 18.5 Å². The SMILES string of the molecule is Cc1ccc(C2=NN(C(=O)CNc3ccc(F)c([N+](=O)[O-])c3)C(c3ccco3)C2)cc1. The molecule has 3 aromatic rings. The molecule has 1 N–H and O–H groups in total. The molecule has 1 aromatic heterocycles. The third kappa shape index (κ3) is 4.30. The van der Waals surface area contributed by atoms with E-state index in [0.29, 0.717) is 12.2 Å². The van der Waals surface area contributed by atoms with Crippen molar-refractivity contribution >= 4 is 23.0 Å². The van der Waals surface area contributed by atoms with E-state index in [1.165, 1.54) is 17.3 Å². The van der Waals surface area contributed by atoms with E-state index in [9.17, 15) is 19.3 Å². The normalized spacial score (nSPS) is 15.6. The Labute approximate surface area is 177 Å². The number of nitro groups is 1. The fraction of sp³-hybridized carbons (Fsp3) is 0.182. The maximum Gasteiger partial charge on any atom is 0.306 e. The zero-order chi connectivity index (χ0) is 22.0. The lowest BCUT2D eigenvalue weighted by Gasteiger charge is -2.20. The predicted octanol–water partition coefficient (Wildman–Crippen LogP) is 4.43. The molecule has 8 nitrogen and oxygen atoms in total. The van der Waals surface area contributed by atoms with Crippen LogP contribution in [-0.4, -0.2) is 28.1 Å². The maximum absolute atomic E-state index is 13.5. The molecular weight excluding hydrogens is 403 g/mol. The molecule has 0 saturated carbocycles. The fourth-order valence-electron chi connectivity index (χ4n) is 3.38. The van der Waals surface area contributed by atoms with Gasteiger partial charge in [-0.25, -0.2) is 5.01 Å². The van der Waals surface area contributed by atoms with Gasteiger partial charge >= 0.3 is 5.69 Å². The number of nitro benzene ring substituents is 1. The van der Waals surface area contributed by atoms with Crippen LogP contribution in [0.15, 0.2) is 70.4 Å². The number of benzene rings is 2. The number of aryl methyl sites for hydroxylation is 1. The Morgan fingerprint density at radius 3 is 2.74 bits per heavy atom. The minimum absolute atomic E-state index is 0.176. The smallest absolute Gasteiger partial charge is 0.306 e. The summed E-state index contributed by atoms with van der Waals surface area (Å²) in [4.78, 5) is 23.1. The molecule has 1 aliphatic heterocycles. The molecule has 2 heterocycles. The standard InChI is InChI=1S/C22H19FN4O4/c1-14-4-6-15(7-5-14)18-12-20(21-3-2-10-31-21)26(25-18)22(28)13-24-16-8-9-17(23)19(11-16)27(29)30/h2-11,20,24H,12-13H2,1H3. The summed E-state index contributed by atoms with van der Waals surface area (Å²) in [7, 11) is 0. The molecule has 9 heteroatoms. The number of rotatable bonds is 6. The van der Waals surface area contributed by atoms with Crippen LogP contribution in [0.2, 0.25) is 0 Å². The molecule has 158 valence electrons. The van der Waals surface area contributed by atoms with Crippen molar-refractivity contribution in [2.75, 3.05) is 11.9 Å². The number of hydrogen-bond acceptors (Lipinski definition) is 6. The van der Waals surface area contributed by atoms with E-state index in [0.717, 1.165) is 29.0 Å². The summed E-state index contributed by atoms with van der Waals surface area (Å²) in [5, 5.41) is 19.6. The average Bonchev–Trinajstić information content (AvgIpc) is 3.43. The van der Waals surface area contributed by atoms with Gasteiger partial charge in [0.1, 0.15) is 11.8 Å². The van der Waals surface area contributed by atoms with E-state index in [-0.39, 0.29) is 18.1 Å². The monoisotopic (exact) mass is 422 g/mol. The lowest BCUT2D eigenvalue weighted by atomic mass is 10.0. The first-order chi connectivity index (χ1) is 14.9. The minimum atomic E-state index is -0.938. The Hall–Kier alpha value is -4.01. The van der Waals surface area contributed by atoms with Crippen molar-refractivity contribution in [2.45, 2.75) is 19.4 Å². The summed E-state index contributed by atoms with van der Waals surface area (Å²) in [6.07, 6.45) is 2.03. The summed E-state index contributed by atoms with van der Waals surface area (Å²) in [5.74, 6) is -0.682. The number of amides is 1. The second kappa shape index (κ2) is 8.39. The lowest BCUT2D eigenvalue weighted by Crippen LogP contribution is -2.32. The number of carbonyl (C=O) groups excluding carboxylic acids is 1. The maximum atomic E-state index is 13.5. The summed E-state index contributed by atoms with van der Waals surface area (Å²) >= 11 is 0. The zero-order valence-corrected chi connectivity index (χ0v) is 16.6. The van der Waals surface area contributed by atoms with Crippen LogP contribution in [-0.2, 0) is 4.79 Å². The van der Waals surface area contributed by atoms with Gasteiger partial charge in [-0.05, 0) is 36.8 Å². The van der Waals surface area contributed by atoms with E-state index in [1.807, 2.05) is 31.2 Å². The molecule has 1 unspecified atom stereocenters. The van der Waals surface area contributed by atoms with E-state index in [2.05, 4.69) is 10.4 Å². The number of hydrazone groups is 1. The molecule has 1 atom stereocenters. The minimum Gasteiger partial charge on any atom is -0.467 e. The molecule has 0 fully saturated rings. The third-order valence-corrected chi connectivity index (χ3v) is 5.01. The number of halogens is 1. The van der Waals surface area contributed by atoms with Gasteiger partial charge in [0.2, 0.25) is 5.82 Å². The Balaban J connectivity index is 1.54.